The lowest BCUT2D eigenvalue weighted by Crippen LogP contribution is -2.38. The van der Waals surface area contributed by atoms with Crippen LogP contribution in [-0.2, 0) is 25.8 Å². The lowest BCUT2D eigenvalue weighted by molar-refractivity contribution is -0.137. The van der Waals surface area contributed by atoms with Crippen molar-refractivity contribution in [2.45, 2.75) is 23.9 Å². The van der Waals surface area contributed by atoms with Gasteiger partial charge in [-0.25, -0.2) is 8.42 Å². The van der Waals surface area contributed by atoms with Gasteiger partial charge in [0.15, 0.2) is 6.61 Å². The molecule has 172 valence electrons. The first-order valence-electron chi connectivity index (χ1n) is 9.46. The number of amides is 1. The molecule has 1 N–H and O–H groups in total. The Morgan fingerprint density at radius 2 is 1.81 bits per heavy atom. The van der Waals surface area contributed by atoms with Crippen LogP contribution in [-0.4, -0.2) is 44.0 Å². The van der Waals surface area contributed by atoms with E-state index in [1.54, 1.807) is 24.3 Å². The molecule has 32 heavy (non-hydrogen) atoms. The van der Waals surface area contributed by atoms with Gasteiger partial charge in [0.05, 0.1) is 16.2 Å². The molecule has 2 aromatic carbocycles. The predicted molar refractivity (Wildman–Crippen MR) is 113 cm³/mol. The zero-order valence-electron chi connectivity index (χ0n) is 16.6. The van der Waals surface area contributed by atoms with Crippen molar-refractivity contribution in [3.8, 4) is 0 Å². The average molecular weight is 490 g/mol. The third-order valence-corrected chi connectivity index (χ3v) is 6.73. The first-order valence-corrected chi connectivity index (χ1v) is 11.3. The number of carbonyl (C=O) groups excluding carboxylic acids is 1. The minimum atomic E-state index is -4.64. The van der Waals surface area contributed by atoms with E-state index in [4.69, 9.17) is 16.4 Å². The molecule has 2 aromatic rings. The predicted octanol–water partition coefficient (Wildman–Crippen LogP) is 4.15. The van der Waals surface area contributed by atoms with Crippen molar-refractivity contribution in [1.29, 1.82) is 0 Å². The first-order chi connectivity index (χ1) is 15.1. The largest absolute Gasteiger partial charge is 0.416 e. The molecule has 12 heteroatoms. The summed E-state index contributed by atoms with van der Waals surface area (Å²) in [5, 5.41) is 6.94. The molecule has 7 nitrogen and oxygen atoms in total. The van der Waals surface area contributed by atoms with E-state index < -0.39 is 32.6 Å². The smallest absolute Gasteiger partial charge is 0.386 e. The molecule has 1 saturated heterocycles. The number of nitrogens with one attached hydrogen (secondary N) is 1. The van der Waals surface area contributed by atoms with E-state index in [1.807, 2.05) is 0 Å². The van der Waals surface area contributed by atoms with Crippen LogP contribution in [0.25, 0.3) is 0 Å². The minimum Gasteiger partial charge on any atom is -0.386 e. The molecule has 3 rings (SSSR count). The lowest BCUT2D eigenvalue weighted by Gasteiger charge is -2.26. The number of nitrogens with zero attached hydrogens (tertiary/aromatic N) is 2. The third kappa shape index (κ3) is 6.21. The Hall–Kier alpha value is -2.63. The summed E-state index contributed by atoms with van der Waals surface area (Å²) in [7, 11) is -4.08. The van der Waals surface area contributed by atoms with E-state index in [2.05, 4.69) is 10.5 Å². The van der Waals surface area contributed by atoms with Gasteiger partial charge in [0.25, 0.3) is 5.91 Å². The van der Waals surface area contributed by atoms with Gasteiger partial charge in [-0.15, -0.1) is 0 Å². The summed E-state index contributed by atoms with van der Waals surface area (Å²) in [5.74, 6) is -0.443. The van der Waals surface area contributed by atoms with E-state index in [9.17, 15) is 26.4 Å². The van der Waals surface area contributed by atoms with Crippen LogP contribution in [0.3, 0.4) is 0 Å². The number of alkyl halides is 3. The maximum atomic E-state index is 12.9. The number of oxime groups is 1. The Labute approximate surface area is 187 Å². The number of carbonyl (C=O) groups is 1. The molecular formula is C20H19ClF3N3O4S. The number of hydrogen-bond acceptors (Lipinski definition) is 5. The first kappa shape index (κ1) is 24.0. The highest BCUT2D eigenvalue weighted by Crippen LogP contribution is 2.31. The van der Waals surface area contributed by atoms with Crippen LogP contribution < -0.4 is 5.32 Å². The molecule has 0 spiro atoms. The molecule has 0 bridgehead atoms. The highest BCUT2D eigenvalue weighted by Gasteiger charge is 2.33. The van der Waals surface area contributed by atoms with Crippen LogP contribution in [0.1, 0.15) is 18.4 Å². The van der Waals surface area contributed by atoms with Crippen LogP contribution in [0.5, 0.6) is 0 Å². The van der Waals surface area contributed by atoms with Crippen LogP contribution in [0.15, 0.2) is 58.6 Å². The number of piperidine rings is 1. The molecular weight excluding hydrogens is 471 g/mol. The quantitative estimate of drug-likeness (QED) is 0.617. The van der Waals surface area contributed by atoms with Gasteiger partial charge >= 0.3 is 6.18 Å². The van der Waals surface area contributed by atoms with Crippen LogP contribution in [0.4, 0.5) is 18.9 Å². The Bertz CT molecular complexity index is 1110. The fourth-order valence-electron chi connectivity index (χ4n) is 3.00. The summed E-state index contributed by atoms with van der Waals surface area (Å²) >= 11 is 5.84. The van der Waals surface area contributed by atoms with Gasteiger partial charge < -0.3 is 10.2 Å². The number of rotatable bonds is 6. The van der Waals surface area contributed by atoms with Crippen molar-refractivity contribution in [1.82, 2.24) is 4.31 Å². The van der Waals surface area contributed by atoms with Crippen LogP contribution >= 0.6 is 11.6 Å². The fourth-order valence-corrected chi connectivity index (χ4v) is 4.68. The van der Waals surface area contributed by atoms with E-state index in [-0.39, 0.29) is 32.5 Å². The zero-order valence-corrected chi connectivity index (χ0v) is 18.2. The number of benzene rings is 2. The summed E-state index contributed by atoms with van der Waals surface area (Å²) in [4.78, 5) is 16.5. The standard InChI is InChI=1S/C20H19ClF3N3O4S/c21-15-4-2-5-17(12-15)25-19(28)13-31-26-16-7-9-27(10-8-16)32(29,30)18-6-1-3-14(11-18)20(22,23)24/h1-6,11-12H,7-10,13H2,(H,25,28). The number of halogens is 4. The van der Waals surface area contributed by atoms with E-state index in [0.717, 1.165) is 22.5 Å². The summed E-state index contributed by atoms with van der Waals surface area (Å²) < 4.78 is 65.2. The molecule has 1 amide bonds. The van der Waals surface area contributed by atoms with Gasteiger partial charge in [0.1, 0.15) is 0 Å². The van der Waals surface area contributed by atoms with E-state index in [0.29, 0.717) is 22.5 Å². The van der Waals surface area contributed by atoms with Gasteiger partial charge in [-0.1, -0.05) is 28.9 Å². The van der Waals surface area contributed by atoms with Crippen LogP contribution in [0.2, 0.25) is 5.02 Å². The lowest BCUT2D eigenvalue weighted by atomic mass is 10.1. The normalized spacial score (nSPS) is 15.3. The van der Waals surface area contributed by atoms with Gasteiger partial charge in [-0.2, -0.15) is 17.5 Å². The fraction of sp³-hybridized carbons (Fsp3) is 0.300. The maximum Gasteiger partial charge on any atom is 0.416 e. The highest BCUT2D eigenvalue weighted by atomic mass is 35.5. The Balaban J connectivity index is 1.53. The molecule has 0 aliphatic carbocycles. The molecule has 0 unspecified atom stereocenters. The Kier molecular flexibility index (Phi) is 7.42. The SMILES string of the molecule is O=C(CON=C1CCN(S(=O)(=O)c2cccc(C(F)(F)F)c2)CC1)Nc1cccc(Cl)c1. The van der Waals surface area contributed by atoms with Crippen LogP contribution in [0, 0.1) is 0 Å². The third-order valence-electron chi connectivity index (χ3n) is 4.60. The second-order valence-corrected chi connectivity index (χ2v) is 9.29. The molecule has 0 aromatic heterocycles. The van der Waals surface area contributed by atoms with Crippen molar-refractivity contribution in [3.63, 3.8) is 0 Å². The second kappa shape index (κ2) is 9.88. The minimum absolute atomic E-state index is 0.0372. The topological polar surface area (TPSA) is 88.1 Å². The second-order valence-electron chi connectivity index (χ2n) is 6.92. The van der Waals surface area contributed by atoms with Crippen molar-refractivity contribution in [3.05, 3.63) is 59.1 Å². The maximum absolute atomic E-state index is 12.9. The summed E-state index contributed by atoms with van der Waals surface area (Å²) in [6.45, 7) is -0.271. The number of hydrogen-bond donors (Lipinski definition) is 1. The molecule has 1 aliphatic rings. The van der Waals surface area contributed by atoms with Gasteiger partial charge in [-0.3, -0.25) is 4.79 Å². The van der Waals surface area contributed by atoms with Gasteiger partial charge in [-0.05, 0) is 36.4 Å². The monoisotopic (exact) mass is 489 g/mol. The zero-order chi connectivity index (χ0) is 23.4. The summed E-state index contributed by atoms with van der Waals surface area (Å²) in [5.41, 5.74) is 0.0326. The molecule has 0 saturated carbocycles. The van der Waals surface area contributed by atoms with Crippen molar-refractivity contribution in [2.75, 3.05) is 25.0 Å². The molecule has 1 aliphatic heterocycles. The van der Waals surface area contributed by atoms with E-state index in [1.165, 1.54) is 0 Å². The molecule has 1 heterocycles. The molecule has 0 radical (unpaired) electrons. The van der Waals surface area contributed by atoms with E-state index >= 15 is 0 Å². The Morgan fingerprint density at radius 1 is 1.12 bits per heavy atom. The average Bonchev–Trinajstić information content (AvgIpc) is 2.73. The van der Waals surface area contributed by atoms with Crippen molar-refractivity contribution < 1.29 is 31.2 Å². The molecule has 0 atom stereocenters. The molecule has 1 fully saturated rings. The summed E-state index contributed by atoms with van der Waals surface area (Å²) in [6, 6.07) is 10.2. The highest BCUT2D eigenvalue weighted by molar-refractivity contribution is 7.89. The Morgan fingerprint density at radius 3 is 2.47 bits per heavy atom. The van der Waals surface area contributed by atoms with Gasteiger partial charge in [0, 0.05) is 36.6 Å². The van der Waals surface area contributed by atoms with Crippen molar-refractivity contribution in [2.24, 2.45) is 5.16 Å². The van der Waals surface area contributed by atoms with Gasteiger partial charge in [0.2, 0.25) is 10.0 Å². The number of anilines is 1. The van der Waals surface area contributed by atoms with Crippen molar-refractivity contribution >= 4 is 38.9 Å². The summed E-state index contributed by atoms with van der Waals surface area (Å²) in [6.07, 6.45) is -4.17. The number of sulfonamides is 1.